The Morgan fingerprint density at radius 2 is 1.81 bits per heavy atom. The van der Waals surface area contributed by atoms with Gasteiger partial charge < -0.3 is 19.9 Å². The van der Waals surface area contributed by atoms with E-state index >= 15 is 0 Å². The molecule has 0 amide bonds. The average Bonchev–Trinajstić information content (AvgIpc) is 2.55. The second-order valence-electron chi connectivity index (χ2n) is 5.24. The smallest absolute Gasteiger partial charge is 0.232 e. The molecule has 7 nitrogen and oxygen atoms in total. The first-order chi connectivity index (χ1) is 10.3. The van der Waals surface area contributed by atoms with Crippen LogP contribution in [-0.2, 0) is 4.74 Å². The highest BCUT2D eigenvalue weighted by atomic mass is 32.2. The summed E-state index contributed by atoms with van der Waals surface area (Å²) in [6.45, 7) is 7.35. The highest BCUT2D eigenvalue weighted by molar-refractivity contribution is 8.00. The fraction of sp³-hybridized carbons (Fsp3) is 0.769. The van der Waals surface area contributed by atoms with Crippen molar-refractivity contribution in [2.45, 2.75) is 12.2 Å². The van der Waals surface area contributed by atoms with Gasteiger partial charge in [0.2, 0.25) is 17.8 Å². The van der Waals surface area contributed by atoms with Crippen LogP contribution in [0.5, 0.6) is 0 Å². The summed E-state index contributed by atoms with van der Waals surface area (Å²) < 4.78 is 5.40. The van der Waals surface area contributed by atoms with Crippen LogP contribution < -0.4 is 15.1 Å². The summed E-state index contributed by atoms with van der Waals surface area (Å²) in [7, 11) is 1.84. The van der Waals surface area contributed by atoms with Crippen molar-refractivity contribution in [2.75, 3.05) is 67.3 Å². The monoisotopic (exact) mass is 310 g/mol. The number of ether oxygens (including phenoxy) is 1. The molecule has 1 N–H and O–H groups in total. The average molecular weight is 310 g/mol. The minimum atomic E-state index is 0.611. The zero-order valence-corrected chi connectivity index (χ0v) is 13.4. The lowest BCUT2D eigenvalue weighted by molar-refractivity contribution is 0.122. The lowest BCUT2D eigenvalue weighted by atomic mass is 10.4. The summed E-state index contributed by atoms with van der Waals surface area (Å²) in [5.74, 6) is 3.28. The first-order valence-corrected chi connectivity index (χ1v) is 8.44. The molecule has 2 fully saturated rings. The molecule has 3 heterocycles. The van der Waals surface area contributed by atoms with E-state index < -0.39 is 0 Å². The molecular weight excluding hydrogens is 288 g/mol. The van der Waals surface area contributed by atoms with Crippen LogP contribution in [0.25, 0.3) is 0 Å². The highest BCUT2D eigenvalue weighted by Crippen LogP contribution is 2.23. The second-order valence-corrected chi connectivity index (χ2v) is 6.78. The van der Waals surface area contributed by atoms with Gasteiger partial charge in [-0.1, -0.05) is 6.92 Å². The van der Waals surface area contributed by atoms with E-state index in [1.54, 1.807) is 0 Å². The number of aromatic nitrogens is 3. The maximum atomic E-state index is 5.40. The molecule has 0 spiro atoms. The molecule has 1 aromatic heterocycles. The maximum Gasteiger partial charge on any atom is 0.232 e. The van der Waals surface area contributed by atoms with E-state index in [1.807, 2.05) is 18.8 Å². The van der Waals surface area contributed by atoms with Crippen LogP contribution in [0, 0.1) is 0 Å². The van der Waals surface area contributed by atoms with Crippen molar-refractivity contribution in [1.29, 1.82) is 0 Å². The minimum Gasteiger partial charge on any atom is -0.378 e. The first kappa shape index (κ1) is 14.6. The Morgan fingerprint density at radius 1 is 1.10 bits per heavy atom. The van der Waals surface area contributed by atoms with E-state index in [9.17, 15) is 0 Å². The predicted octanol–water partition coefficient (Wildman–Crippen LogP) is 0.692. The van der Waals surface area contributed by atoms with E-state index in [0.29, 0.717) is 11.2 Å². The highest BCUT2D eigenvalue weighted by Gasteiger charge is 2.22. The summed E-state index contributed by atoms with van der Waals surface area (Å²) in [5, 5.41) is 3.66. The Kier molecular flexibility index (Phi) is 4.64. The standard InChI is InChI=1S/C13H22N6OS/c1-10-9-19(5-8-21-10)13-16-11(14-2)15-12(17-13)18-3-6-20-7-4-18/h10H,3-9H2,1-2H3,(H,14,15,16,17). The Balaban J connectivity index is 1.85. The summed E-state index contributed by atoms with van der Waals surface area (Å²) >= 11 is 2.00. The third kappa shape index (κ3) is 3.49. The summed E-state index contributed by atoms with van der Waals surface area (Å²) in [6, 6.07) is 0. The number of hydrogen-bond acceptors (Lipinski definition) is 8. The van der Waals surface area contributed by atoms with Gasteiger partial charge in [-0.3, -0.25) is 0 Å². The number of anilines is 3. The van der Waals surface area contributed by atoms with Gasteiger partial charge in [0.05, 0.1) is 13.2 Å². The predicted molar refractivity (Wildman–Crippen MR) is 86.5 cm³/mol. The topological polar surface area (TPSA) is 66.4 Å². The Hall–Kier alpha value is -1.28. The maximum absolute atomic E-state index is 5.40. The van der Waals surface area contributed by atoms with Crippen molar-refractivity contribution in [3.63, 3.8) is 0 Å². The normalized spacial score (nSPS) is 23.2. The molecule has 3 rings (SSSR count). The van der Waals surface area contributed by atoms with Gasteiger partial charge in [-0.25, -0.2) is 0 Å². The van der Waals surface area contributed by atoms with Gasteiger partial charge >= 0.3 is 0 Å². The van der Waals surface area contributed by atoms with Crippen molar-refractivity contribution < 1.29 is 4.74 Å². The van der Waals surface area contributed by atoms with Gasteiger partial charge in [-0.15, -0.1) is 0 Å². The van der Waals surface area contributed by atoms with Crippen LogP contribution in [0.3, 0.4) is 0 Å². The van der Waals surface area contributed by atoms with E-state index in [4.69, 9.17) is 4.74 Å². The number of nitrogens with zero attached hydrogens (tertiary/aromatic N) is 5. The Bertz CT molecular complexity index is 482. The molecule has 116 valence electrons. The fourth-order valence-electron chi connectivity index (χ4n) is 2.51. The molecule has 8 heteroatoms. The van der Waals surface area contributed by atoms with Crippen LogP contribution in [-0.4, -0.2) is 72.4 Å². The van der Waals surface area contributed by atoms with Crippen molar-refractivity contribution in [1.82, 2.24) is 15.0 Å². The van der Waals surface area contributed by atoms with Crippen LogP contribution in [0.1, 0.15) is 6.92 Å². The minimum absolute atomic E-state index is 0.611. The van der Waals surface area contributed by atoms with Crippen molar-refractivity contribution in [2.24, 2.45) is 0 Å². The number of morpholine rings is 1. The molecule has 0 aliphatic carbocycles. The summed E-state index contributed by atoms with van der Waals surface area (Å²) in [4.78, 5) is 18.1. The number of rotatable bonds is 3. The zero-order valence-electron chi connectivity index (χ0n) is 12.6. The third-order valence-corrected chi connectivity index (χ3v) is 4.79. The van der Waals surface area contributed by atoms with Crippen LogP contribution >= 0.6 is 11.8 Å². The van der Waals surface area contributed by atoms with Crippen molar-refractivity contribution in [3.05, 3.63) is 0 Å². The lowest BCUT2D eigenvalue weighted by Gasteiger charge is -2.32. The molecule has 0 radical (unpaired) electrons. The van der Waals surface area contributed by atoms with Gasteiger partial charge in [0.25, 0.3) is 0 Å². The molecule has 0 bridgehead atoms. The van der Waals surface area contributed by atoms with Gasteiger partial charge in [-0.2, -0.15) is 26.7 Å². The molecule has 1 atom stereocenters. The molecule has 2 aliphatic rings. The molecule has 1 aromatic rings. The molecule has 21 heavy (non-hydrogen) atoms. The molecule has 2 saturated heterocycles. The number of nitrogens with one attached hydrogen (secondary N) is 1. The zero-order chi connectivity index (χ0) is 14.7. The largest absolute Gasteiger partial charge is 0.378 e. The van der Waals surface area contributed by atoms with Crippen LogP contribution in [0.2, 0.25) is 0 Å². The van der Waals surface area contributed by atoms with Gasteiger partial charge in [0, 0.05) is 44.2 Å². The van der Waals surface area contributed by atoms with Crippen molar-refractivity contribution >= 4 is 29.6 Å². The van der Waals surface area contributed by atoms with Crippen LogP contribution in [0.4, 0.5) is 17.8 Å². The van der Waals surface area contributed by atoms with Gasteiger partial charge in [0.1, 0.15) is 0 Å². The third-order valence-electron chi connectivity index (χ3n) is 3.65. The Morgan fingerprint density at radius 3 is 2.48 bits per heavy atom. The molecule has 0 aromatic carbocycles. The van der Waals surface area contributed by atoms with Gasteiger partial charge in [0.15, 0.2) is 0 Å². The fourth-order valence-corrected chi connectivity index (χ4v) is 3.53. The molecule has 2 aliphatic heterocycles. The van der Waals surface area contributed by atoms with E-state index in [1.165, 1.54) is 0 Å². The van der Waals surface area contributed by atoms with E-state index in [2.05, 4.69) is 37.0 Å². The molecular formula is C13H22N6OS. The first-order valence-electron chi connectivity index (χ1n) is 7.39. The Labute approximate surface area is 129 Å². The number of hydrogen-bond donors (Lipinski definition) is 1. The molecule has 0 saturated carbocycles. The molecule has 1 unspecified atom stereocenters. The van der Waals surface area contributed by atoms with Crippen molar-refractivity contribution in [3.8, 4) is 0 Å². The quantitative estimate of drug-likeness (QED) is 0.875. The summed E-state index contributed by atoms with van der Waals surface area (Å²) in [6.07, 6.45) is 0. The second kappa shape index (κ2) is 6.65. The van der Waals surface area contributed by atoms with Crippen LogP contribution in [0.15, 0.2) is 0 Å². The summed E-state index contributed by atoms with van der Waals surface area (Å²) in [5.41, 5.74) is 0. The lowest BCUT2D eigenvalue weighted by Crippen LogP contribution is -2.40. The number of thioether (sulfide) groups is 1. The van der Waals surface area contributed by atoms with E-state index in [-0.39, 0.29) is 0 Å². The van der Waals surface area contributed by atoms with Gasteiger partial charge in [-0.05, 0) is 0 Å². The van der Waals surface area contributed by atoms with E-state index in [0.717, 1.165) is 57.0 Å². The SMILES string of the molecule is CNc1nc(N2CCOCC2)nc(N2CCSC(C)C2)n1.